The molecule has 0 aliphatic carbocycles. The number of nitrogens with zero attached hydrogens (tertiary/aromatic N) is 1. The van der Waals surface area contributed by atoms with Crippen molar-refractivity contribution in [3.05, 3.63) is 94.8 Å². The molecular formula is C22H19FN2O. The Balaban J connectivity index is 1.92. The van der Waals surface area contributed by atoms with Gasteiger partial charge in [-0.1, -0.05) is 36.4 Å². The van der Waals surface area contributed by atoms with Gasteiger partial charge in [0, 0.05) is 16.9 Å². The molecule has 0 fully saturated rings. The van der Waals surface area contributed by atoms with Crippen LogP contribution in [0.1, 0.15) is 33.2 Å². The van der Waals surface area contributed by atoms with E-state index in [4.69, 9.17) is 0 Å². The summed E-state index contributed by atoms with van der Waals surface area (Å²) in [6, 6.07) is 19.9. The van der Waals surface area contributed by atoms with Crippen molar-refractivity contribution in [3.8, 4) is 0 Å². The van der Waals surface area contributed by atoms with Crippen LogP contribution in [0.25, 0.3) is 0 Å². The van der Waals surface area contributed by atoms with Gasteiger partial charge in [-0.2, -0.15) is 0 Å². The predicted molar refractivity (Wildman–Crippen MR) is 102 cm³/mol. The van der Waals surface area contributed by atoms with Crippen LogP contribution in [0.3, 0.4) is 0 Å². The molecule has 0 unspecified atom stereocenters. The van der Waals surface area contributed by atoms with Gasteiger partial charge in [0.2, 0.25) is 0 Å². The Morgan fingerprint density at radius 3 is 2.31 bits per heavy atom. The summed E-state index contributed by atoms with van der Waals surface area (Å²) in [6.07, 6.45) is -0.611. The van der Waals surface area contributed by atoms with Gasteiger partial charge in [0.25, 0.3) is 5.91 Å². The van der Waals surface area contributed by atoms with Crippen LogP contribution in [0, 0.1) is 19.7 Å². The molecule has 4 rings (SSSR count). The molecule has 1 aliphatic heterocycles. The number of nitrogens with one attached hydrogen (secondary N) is 1. The second-order valence-corrected chi connectivity index (χ2v) is 6.64. The maximum Gasteiger partial charge on any atom is 0.262 e. The number of fused-ring (bicyclic) bond motifs is 1. The van der Waals surface area contributed by atoms with Gasteiger partial charge in [0.15, 0.2) is 0 Å². The highest BCUT2D eigenvalue weighted by molar-refractivity contribution is 6.12. The van der Waals surface area contributed by atoms with E-state index in [1.165, 1.54) is 6.07 Å². The highest BCUT2D eigenvalue weighted by Gasteiger charge is 2.35. The lowest BCUT2D eigenvalue weighted by molar-refractivity contribution is 0.0974. The standard InChI is InChI=1S/C22H19FN2O/c1-14-11-15(2)13-16(12-14)25-21(17-7-3-5-9-19(17)23)24-20-10-6-4-8-18(20)22(25)26/h3-13,21,24H,1-2H3/t21-/m0/s1. The van der Waals surface area contributed by atoms with Crippen molar-refractivity contribution in [3.63, 3.8) is 0 Å². The third-order valence-electron chi connectivity index (χ3n) is 4.61. The average molecular weight is 346 g/mol. The van der Waals surface area contributed by atoms with Crippen LogP contribution in [0.15, 0.2) is 66.7 Å². The topological polar surface area (TPSA) is 32.3 Å². The number of aryl methyl sites for hydroxylation is 2. The summed E-state index contributed by atoms with van der Waals surface area (Å²) in [7, 11) is 0. The highest BCUT2D eigenvalue weighted by atomic mass is 19.1. The van der Waals surface area contributed by atoms with Crippen LogP contribution in [0.4, 0.5) is 15.8 Å². The number of amides is 1. The first-order valence-electron chi connectivity index (χ1n) is 8.56. The van der Waals surface area contributed by atoms with Gasteiger partial charge >= 0.3 is 0 Å². The average Bonchev–Trinajstić information content (AvgIpc) is 2.61. The Hall–Kier alpha value is -3.14. The van der Waals surface area contributed by atoms with Gasteiger partial charge in [-0.05, 0) is 55.3 Å². The quantitative estimate of drug-likeness (QED) is 0.690. The number of hydrogen-bond donors (Lipinski definition) is 1. The first-order chi connectivity index (χ1) is 12.5. The second-order valence-electron chi connectivity index (χ2n) is 6.64. The summed E-state index contributed by atoms with van der Waals surface area (Å²) in [5, 5.41) is 3.34. The van der Waals surface area contributed by atoms with E-state index in [1.807, 2.05) is 44.2 Å². The number of benzene rings is 3. The molecule has 3 aromatic carbocycles. The van der Waals surface area contributed by atoms with Gasteiger partial charge < -0.3 is 5.32 Å². The Kier molecular flexibility index (Phi) is 3.96. The molecule has 130 valence electrons. The lowest BCUT2D eigenvalue weighted by Gasteiger charge is -2.38. The minimum Gasteiger partial charge on any atom is -0.360 e. The third kappa shape index (κ3) is 2.73. The van der Waals surface area contributed by atoms with Gasteiger partial charge in [-0.25, -0.2) is 4.39 Å². The van der Waals surface area contributed by atoms with Crippen molar-refractivity contribution in [2.45, 2.75) is 20.0 Å². The minimum atomic E-state index is -0.611. The van der Waals surface area contributed by atoms with Crippen molar-refractivity contribution in [2.75, 3.05) is 10.2 Å². The highest BCUT2D eigenvalue weighted by Crippen LogP contribution is 2.37. The fraction of sp³-hybridized carbons (Fsp3) is 0.136. The number of hydrogen-bond acceptors (Lipinski definition) is 2. The Labute approximate surface area is 152 Å². The van der Waals surface area contributed by atoms with Crippen molar-refractivity contribution < 1.29 is 9.18 Å². The maximum atomic E-state index is 14.5. The first kappa shape index (κ1) is 16.3. The van der Waals surface area contributed by atoms with Crippen molar-refractivity contribution in [2.24, 2.45) is 0 Å². The monoisotopic (exact) mass is 346 g/mol. The zero-order valence-corrected chi connectivity index (χ0v) is 14.7. The van der Waals surface area contributed by atoms with Gasteiger partial charge in [-0.15, -0.1) is 0 Å². The Morgan fingerprint density at radius 1 is 0.923 bits per heavy atom. The Morgan fingerprint density at radius 2 is 1.58 bits per heavy atom. The number of para-hydroxylation sites is 1. The molecular weight excluding hydrogens is 327 g/mol. The molecule has 1 N–H and O–H groups in total. The third-order valence-corrected chi connectivity index (χ3v) is 4.61. The molecule has 3 nitrogen and oxygen atoms in total. The summed E-state index contributed by atoms with van der Waals surface area (Å²) in [6.45, 7) is 3.98. The Bertz CT molecular complexity index is 979. The molecule has 0 aromatic heterocycles. The largest absolute Gasteiger partial charge is 0.360 e. The molecule has 0 saturated carbocycles. The molecule has 4 heteroatoms. The molecule has 1 amide bonds. The number of carbonyl (C=O) groups is 1. The number of halogens is 1. The van der Waals surface area contributed by atoms with E-state index in [-0.39, 0.29) is 11.7 Å². The molecule has 3 aromatic rings. The molecule has 1 aliphatic rings. The van der Waals surface area contributed by atoms with E-state index >= 15 is 0 Å². The van der Waals surface area contributed by atoms with Crippen molar-refractivity contribution in [1.29, 1.82) is 0 Å². The molecule has 0 radical (unpaired) electrons. The normalized spacial score (nSPS) is 16.2. The van der Waals surface area contributed by atoms with Crippen LogP contribution in [-0.2, 0) is 0 Å². The summed E-state index contributed by atoms with van der Waals surface area (Å²) < 4.78 is 14.5. The second kappa shape index (κ2) is 6.30. The predicted octanol–water partition coefficient (Wildman–Crippen LogP) is 5.21. The summed E-state index contributed by atoms with van der Waals surface area (Å²) >= 11 is 0. The van der Waals surface area contributed by atoms with E-state index in [0.29, 0.717) is 16.8 Å². The molecule has 1 heterocycles. The smallest absolute Gasteiger partial charge is 0.262 e. The summed E-state index contributed by atoms with van der Waals surface area (Å²) in [4.78, 5) is 14.9. The van der Waals surface area contributed by atoms with Crippen LogP contribution in [-0.4, -0.2) is 5.91 Å². The lowest BCUT2D eigenvalue weighted by Crippen LogP contribution is -2.43. The summed E-state index contributed by atoms with van der Waals surface area (Å²) in [5.74, 6) is -0.482. The SMILES string of the molecule is Cc1cc(C)cc(N2C(=O)c3ccccc3N[C@@H]2c2ccccc2F)c1. The molecule has 1 atom stereocenters. The van der Waals surface area contributed by atoms with E-state index in [9.17, 15) is 9.18 Å². The fourth-order valence-electron chi connectivity index (χ4n) is 3.52. The van der Waals surface area contributed by atoms with Crippen LogP contribution >= 0.6 is 0 Å². The molecule has 0 spiro atoms. The van der Waals surface area contributed by atoms with E-state index in [2.05, 4.69) is 11.4 Å². The number of rotatable bonds is 2. The van der Waals surface area contributed by atoms with E-state index in [1.54, 1.807) is 29.2 Å². The number of anilines is 2. The zero-order valence-electron chi connectivity index (χ0n) is 14.7. The lowest BCUT2D eigenvalue weighted by atomic mass is 10.0. The summed E-state index contributed by atoms with van der Waals surface area (Å²) in [5.41, 5.74) is 4.60. The fourth-order valence-corrected chi connectivity index (χ4v) is 3.52. The molecule has 26 heavy (non-hydrogen) atoms. The van der Waals surface area contributed by atoms with Gasteiger partial charge in [0.1, 0.15) is 12.0 Å². The van der Waals surface area contributed by atoms with Gasteiger partial charge in [-0.3, -0.25) is 9.69 Å². The van der Waals surface area contributed by atoms with Gasteiger partial charge in [0.05, 0.1) is 5.56 Å². The van der Waals surface area contributed by atoms with Crippen molar-refractivity contribution in [1.82, 2.24) is 0 Å². The van der Waals surface area contributed by atoms with E-state index in [0.717, 1.165) is 16.8 Å². The zero-order chi connectivity index (χ0) is 18.3. The molecule has 0 bridgehead atoms. The molecule has 0 saturated heterocycles. The van der Waals surface area contributed by atoms with Crippen LogP contribution in [0.2, 0.25) is 0 Å². The maximum absolute atomic E-state index is 14.5. The van der Waals surface area contributed by atoms with Crippen molar-refractivity contribution >= 4 is 17.3 Å². The minimum absolute atomic E-state index is 0.141. The number of carbonyl (C=O) groups excluding carboxylic acids is 1. The van der Waals surface area contributed by atoms with E-state index < -0.39 is 6.17 Å². The van der Waals surface area contributed by atoms with Crippen LogP contribution in [0.5, 0.6) is 0 Å². The first-order valence-corrected chi connectivity index (χ1v) is 8.56. The van der Waals surface area contributed by atoms with Crippen LogP contribution < -0.4 is 10.2 Å².